The maximum atomic E-state index is 12.0. The average molecular weight is 399 g/mol. The molecule has 2 aromatic carbocycles. The van der Waals surface area contributed by atoms with Gasteiger partial charge in [0.15, 0.2) is 17.5 Å². The first-order chi connectivity index (χ1) is 13.9. The van der Waals surface area contributed by atoms with Crippen LogP contribution in [0.3, 0.4) is 0 Å². The van der Waals surface area contributed by atoms with Crippen LogP contribution in [0.15, 0.2) is 47.5 Å². The SMILES string of the molecule is CCNC(=NCc1ccc(C(=O)N(C)C)cc1)NCCc1ccc(O)c(OC)c1. The summed E-state index contributed by atoms with van der Waals surface area (Å²) in [7, 11) is 5.02. The van der Waals surface area contributed by atoms with Crippen molar-refractivity contribution in [1.29, 1.82) is 0 Å². The van der Waals surface area contributed by atoms with Crippen LogP contribution in [-0.2, 0) is 13.0 Å². The molecule has 0 bridgehead atoms. The molecule has 7 nitrogen and oxygen atoms in total. The lowest BCUT2D eigenvalue weighted by molar-refractivity contribution is 0.0827. The fourth-order valence-electron chi connectivity index (χ4n) is 2.73. The highest BCUT2D eigenvalue weighted by atomic mass is 16.5. The zero-order valence-corrected chi connectivity index (χ0v) is 17.5. The monoisotopic (exact) mass is 398 g/mol. The van der Waals surface area contributed by atoms with Crippen molar-refractivity contribution in [2.75, 3.05) is 34.3 Å². The molecule has 0 unspecified atom stereocenters. The number of phenolic OH excluding ortho intramolecular Hbond substituents is 1. The Labute approximate surface area is 172 Å². The van der Waals surface area contributed by atoms with Gasteiger partial charge in [-0.1, -0.05) is 18.2 Å². The molecule has 0 fully saturated rings. The maximum absolute atomic E-state index is 12.0. The summed E-state index contributed by atoms with van der Waals surface area (Å²) in [5.41, 5.74) is 2.75. The molecule has 0 saturated carbocycles. The van der Waals surface area contributed by atoms with E-state index in [0.29, 0.717) is 24.4 Å². The van der Waals surface area contributed by atoms with Gasteiger partial charge in [-0.05, 0) is 48.7 Å². The van der Waals surface area contributed by atoms with Crippen molar-refractivity contribution in [2.45, 2.75) is 19.9 Å². The normalized spacial score (nSPS) is 11.1. The van der Waals surface area contributed by atoms with Gasteiger partial charge in [0.1, 0.15) is 0 Å². The first-order valence-corrected chi connectivity index (χ1v) is 9.63. The molecule has 1 amide bonds. The minimum absolute atomic E-state index is 0.0130. The number of hydrogen-bond acceptors (Lipinski definition) is 4. The number of aromatic hydroxyl groups is 1. The molecule has 0 aliphatic carbocycles. The molecule has 0 radical (unpaired) electrons. The number of amides is 1. The van der Waals surface area contributed by atoms with Crippen LogP contribution >= 0.6 is 0 Å². The van der Waals surface area contributed by atoms with Crippen molar-refractivity contribution in [3.8, 4) is 11.5 Å². The van der Waals surface area contributed by atoms with Gasteiger partial charge in [0.05, 0.1) is 13.7 Å². The number of guanidine groups is 1. The fraction of sp³-hybridized carbons (Fsp3) is 0.364. The smallest absolute Gasteiger partial charge is 0.253 e. The highest BCUT2D eigenvalue weighted by Crippen LogP contribution is 2.26. The van der Waals surface area contributed by atoms with Crippen LogP contribution < -0.4 is 15.4 Å². The maximum Gasteiger partial charge on any atom is 0.253 e. The summed E-state index contributed by atoms with van der Waals surface area (Å²) in [6.45, 7) is 3.98. The largest absolute Gasteiger partial charge is 0.504 e. The number of phenols is 1. The van der Waals surface area contributed by atoms with Crippen LogP contribution in [-0.4, -0.2) is 56.2 Å². The number of carbonyl (C=O) groups excluding carboxylic acids is 1. The molecule has 0 atom stereocenters. The number of aliphatic imine (C=N–C) groups is 1. The molecule has 2 rings (SSSR count). The summed E-state index contributed by atoms with van der Waals surface area (Å²) in [4.78, 5) is 18.1. The molecule has 0 saturated heterocycles. The summed E-state index contributed by atoms with van der Waals surface area (Å²) in [6, 6.07) is 12.8. The van der Waals surface area contributed by atoms with E-state index in [-0.39, 0.29) is 11.7 Å². The number of carbonyl (C=O) groups is 1. The van der Waals surface area contributed by atoms with Crippen LogP contribution in [0.1, 0.15) is 28.4 Å². The Bertz CT molecular complexity index is 832. The molecule has 0 aliphatic heterocycles. The Hall–Kier alpha value is -3.22. The van der Waals surface area contributed by atoms with Crippen molar-refractivity contribution in [2.24, 2.45) is 4.99 Å². The third-order valence-electron chi connectivity index (χ3n) is 4.32. The van der Waals surface area contributed by atoms with E-state index in [1.807, 2.05) is 43.3 Å². The number of nitrogens with zero attached hydrogens (tertiary/aromatic N) is 2. The van der Waals surface area contributed by atoms with E-state index in [1.54, 1.807) is 25.1 Å². The lowest BCUT2D eigenvalue weighted by atomic mass is 10.1. The van der Waals surface area contributed by atoms with Gasteiger partial charge in [-0.25, -0.2) is 4.99 Å². The Balaban J connectivity index is 1.93. The van der Waals surface area contributed by atoms with Crippen molar-refractivity contribution in [1.82, 2.24) is 15.5 Å². The number of rotatable bonds is 8. The van der Waals surface area contributed by atoms with Gasteiger partial charge >= 0.3 is 0 Å². The highest BCUT2D eigenvalue weighted by Gasteiger charge is 2.07. The third-order valence-corrected chi connectivity index (χ3v) is 4.32. The predicted molar refractivity (Wildman–Crippen MR) is 116 cm³/mol. The van der Waals surface area contributed by atoms with Crippen LogP contribution in [0.2, 0.25) is 0 Å². The predicted octanol–water partition coefficient (Wildman–Crippen LogP) is 2.40. The Morgan fingerprint density at radius 1 is 1.10 bits per heavy atom. The quantitative estimate of drug-likeness (QED) is 0.470. The van der Waals surface area contributed by atoms with Gasteiger partial charge in [-0.15, -0.1) is 0 Å². The number of hydrogen-bond donors (Lipinski definition) is 3. The molecule has 2 aromatic rings. The summed E-state index contributed by atoms with van der Waals surface area (Å²) >= 11 is 0. The van der Waals surface area contributed by atoms with Gasteiger partial charge in [-0.3, -0.25) is 4.79 Å². The van der Waals surface area contributed by atoms with E-state index >= 15 is 0 Å². The van der Waals surface area contributed by atoms with E-state index in [1.165, 1.54) is 7.11 Å². The Morgan fingerprint density at radius 3 is 2.41 bits per heavy atom. The van der Waals surface area contributed by atoms with Crippen molar-refractivity contribution in [3.63, 3.8) is 0 Å². The molecule has 7 heteroatoms. The molecule has 3 N–H and O–H groups in total. The second-order valence-corrected chi connectivity index (χ2v) is 6.77. The molecule has 0 aliphatic rings. The van der Waals surface area contributed by atoms with Crippen LogP contribution in [0, 0.1) is 0 Å². The lowest BCUT2D eigenvalue weighted by Gasteiger charge is -2.12. The number of nitrogens with one attached hydrogen (secondary N) is 2. The molecule has 0 heterocycles. The van der Waals surface area contributed by atoms with Crippen LogP contribution in [0.4, 0.5) is 0 Å². The molecule has 0 spiro atoms. The minimum atomic E-state index is -0.0130. The summed E-state index contributed by atoms with van der Waals surface area (Å²) in [5, 5.41) is 16.2. The molecular weight excluding hydrogens is 368 g/mol. The number of benzene rings is 2. The van der Waals surface area contributed by atoms with Gasteiger partial charge in [0.2, 0.25) is 0 Å². The van der Waals surface area contributed by atoms with Gasteiger partial charge in [0, 0.05) is 32.7 Å². The topological polar surface area (TPSA) is 86.2 Å². The number of methoxy groups -OCH3 is 1. The van der Waals surface area contributed by atoms with Gasteiger partial charge in [-0.2, -0.15) is 0 Å². The van der Waals surface area contributed by atoms with Crippen LogP contribution in [0.25, 0.3) is 0 Å². The minimum Gasteiger partial charge on any atom is -0.504 e. The second kappa shape index (κ2) is 10.9. The highest BCUT2D eigenvalue weighted by molar-refractivity contribution is 5.93. The van der Waals surface area contributed by atoms with Gasteiger partial charge < -0.3 is 25.4 Å². The van der Waals surface area contributed by atoms with E-state index in [2.05, 4.69) is 15.6 Å². The van der Waals surface area contributed by atoms with Crippen LogP contribution in [0.5, 0.6) is 11.5 Å². The van der Waals surface area contributed by atoms with E-state index in [4.69, 9.17) is 4.74 Å². The van der Waals surface area contributed by atoms with Crippen molar-refractivity contribution in [3.05, 3.63) is 59.2 Å². The molecule has 29 heavy (non-hydrogen) atoms. The van der Waals surface area contributed by atoms with Crippen molar-refractivity contribution < 1.29 is 14.6 Å². The number of ether oxygens (including phenoxy) is 1. The fourth-order valence-corrected chi connectivity index (χ4v) is 2.73. The van der Waals surface area contributed by atoms with E-state index in [9.17, 15) is 9.90 Å². The third kappa shape index (κ3) is 6.71. The standard InChI is InChI=1S/C22H30N4O3/c1-5-23-22(24-13-12-16-8-11-19(27)20(14-16)29-4)25-15-17-6-9-18(10-7-17)21(28)26(2)3/h6-11,14,27H,5,12-13,15H2,1-4H3,(H2,23,24,25). The zero-order valence-electron chi connectivity index (χ0n) is 17.5. The van der Waals surface area contributed by atoms with Crippen molar-refractivity contribution >= 4 is 11.9 Å². The zero-order chi connectivity index (χ0) is 21.2. The summed E-state index contributed by atoms with van der Waals surface area (Å²) < 4.78 is 5.15. The van der Waals surface area contributed by atoms with Gasteiger partial charge in [0.25, 0.3) is 5.91 Å². The van der Waals surface area contributed by atoms with E-state index in [0.717, 1.165) is 30.1 Å². The summed E-state index contributed by atoms with van der Waals surface area (Å²) in [6.07, 6.45) is 0.766. The average Bonchev–Trinajstić information content (AvgIpc) is 2.73. The lowest BCUT2D eigenvalue weighted by Crippen LogP contribution is -2.38. The first-order valence-electron chi connectivity index (χ1n) is 9.63. The Morgan fingerprint density at radius 2 is 1.79 bits per heavy atom. The first kappa shape index (κ1) is 22.1. The molecular formula is C22H30N4O3. The molecule has 156 valence electrons. The van der Waals surface area contributed by atoms with E-state index < -0.39 is 0 Å². The second-order valence-electron chi connectivity index (χ2n) is 6.77. The molecule has 0 aromatic heterocycles. The summed E-state index contributed by atoms with van der Waals surface area (Å²) in [5.74, 6) is 1.32. The Kier molecular flexibility index (Phi) is 8.33.